The Morgan fingerprint density at radius 1 is 1.24 bits per heavy atom. The van der Waals surface area contributed by atoms with E-state index < -0.39 is 15.9 Å². The van der Waals surface area contributed by atoms with E-state index in [2.05, 4.69) is 0 Å². The Morgan fingerprint density at radius 3 is 2.48 bits per heavy atom. The van der Waals surface area contributed by atoms with Crippen LogP contribution in [0.25, 0.3) is 0 Å². The molecule has 0 bridgehead atoms. The van der Waals surface area contributed by atoms with Crippen molar-refractivity contribution in [3.63, 3.8) is 0 Å². The van der Waals surface area contributed by atoms with Gasteiger partial charge in [-0.3, -0.25) is 14.5 Å². The first-order chi connectivity index (χ1) is 13.7. The number of aromatic nitrogens is 1. The first-order valence-electron chi connectivity index (χ1n) is 9.12. The van der Waals surface area contributed by atoms with Crippen molar-refractivity contribution in [3.05, 3.63) is 40.3 Å². The van der Waals surface area contributed by atoms with Gasteiger partial charge in [0, 0.05) is 53.0 Å². The zero-order valence-corrected chi connectivity index (χ0v) is 18.1. The van der Waals surface area contributed by atoms with Crippen LogP contribution >= 0.6 is 11.3 Å². The second-order valence-electron chi connectivity index (χ2n) is 7.10. The van der Waals surface area contributed by atoms with Crippen LogP contribution in [0.1, 0.15) is 16.1 Å². The minimum absolute atomic E-state index is 0.00154. The highest BCUT2D eigenvalue weighted by atomic mass is 32.2. The van der Waals surface area contributed by atoms with Crippen LogP contribution < -0.4 is 5.73 Å². The van der Waals surface area contributed by atoms with Gasteiger partial charge >= 0.3 is 0 Å². The van der Waals surface area contributed by atoms with Gasteiger partial charge in [-0.05, 0) is 28.5 Å². The first-order valence-corrected chi connectivity index (χ1v) is 11.5. The maximum atomic E-state index is 12.9. The molecule has 2 N–H and O–H groups in total. The lowest BCUT2D eigenvalue weighted by molar-refractivity contribution is -0.131. The summed E-state index contributed by atoms with van der Waals surface area (Å²) in [5, 5.41) is 3.99. The van der Waals surface area contributed by atoms with Crippen LogP contribution in [0.15, 0.2) is 34.0 Å². The summed E-state index contributed by atoms with van der Waals surface area (Å²) >= 11 is 1.60. The fraction of sp³-hybridized carbons (Fsp3) is 0.444. The predicted molar refractivity (Wildman–Crippen MR) is 110 cm³/mol. The van der Waals surface area contributed by atoms with Crippen molar-refractivity contribution in [2.45, 2.75) is 11.4 Å². The van der Waals surface area contributed by atoms with Gasteiger partial charge in [-0.15, -0.1) is 0 Å². The molecule has 3 rings (SSSR count). The molecule has 29 heavy (non-hydrogen) atoms. The number of piperazine rings is 1. The van der Waals surface area contributed by atoms with Gasteiger partial charge in [-0.1, -0.05) is 0 Å². The molecule has 2 amide bonds. The molecule has 11 heteroatoms. The molecule has 3 heterocycles. The van der Waals surface area contributed by atoms with Crippen molar-refractivity contribution in [2.75, 3.05) is 39.8 Å². The van der Waals surface area contributed by atoms with Gasteiger partial charge in [-0.25, -0.2) is 8.42 Å². The average molecular weight is 440 g/mol. The number of thiophene rings is 1. The molecule has 1 saturated heterocycles. The van der Waals surface area contributed by atoms with E-state index in [0.29, 0.717) is 19.6 Å². The number of hydrogen-bond donors (Lipinski definition) is 1. The molecule has 0 saturated carbocycles. The maximum absolute atomic E-state index is 12.9. The van der Waals surface area contributed by atoms with Crippen LogP contribution in [0.3, 0.4) is 0 Å². The highest BCUT2D eigenvalue weighted by Gasteiger charge is 2.31. The van der Waals surface area contributed by atoms with Gasteiger partial charge in [0.2, 0.25) is 15.9 Å². The molecule has 0 radical (unpaired) electrons. The second-order valence-corrected chi connectivity index (χ2v) is 9.82. The summed E-state index contributed by atoms with van der Waals surface area (Å²) < 4.78 is 28.5. The van der Waals surface area contributed by atoms with Crippen LogP contribution in [0.4, 0.5) is 0 Å². The van der Waals surface area contributed by atoms with Gasteiger partial charge in [0.1, 0.15) is 10.6 Å². The monoisotopic (exact) mass is 439 g/mol. The summed E-state index contributed by atoms with van der Waals surface area (Å²) in [7, 11) is -0.367. The van der Waals surface area contributed by atoms with Crippen molar-refractivity contribution < 1.29 is 18.0 Å². The summed E-state index contributed by atoms with van der Waals surface area (Å²) in [6, 6.07) is 3.29. The lowest BCUT2D eigenvalue weighted by Crippen LogP contribution is -2.51. The van der Waals surface area contributed by atoms with E-state index >= 15 is 0 Å². The number of nitrogens with two attached hydrogens (primary N) is 1. The van der Waals surface area contributed by atoms with E-state index in [1.54, 1.807) is 30.3 Å². The fourth-order valence-corrected chi connectivity index (χ4v) is 5.41. The molecule has 1 aliphatic heterocycles. The van der Waals surface area contributed by atoms with E-state index in [1.165, 1.54) is 21.1 Å². The number of carbonyl (C=O) groups is 2. The van der Waals surface area contributed by atoms with Crippen LogP contribution in [0, 0.1) is 0 Å². The standard InChI is InChI=1S/C18H25N5O4S2/c1-20-11-15(9-16(20)18(19)25)29(26,27)23-6-4-22(5-7-23)12-17(24)21(2)10-14-3-8-28-13-14/h3,8-9,11,13H,4-7,10,12H2,1-2H3,(H2,19,25). The zero-order chi connectivity index (χ0) is 21.2. The number of carbonyl (C=O) groups excluding carboxylic acids is 2. The molecular weight excluding hydrogens is 414 g/mol. The summed E-state index contributed by atoms with van der Waals surface area (Å²) in [5.74, 6) is -0.675. The van der Waals surface area contributed by atoms with Crippen molar-refractivity contribution in [1.29, 1.82) is 0 Å². The predicted octanol–water partition coefficient (Wildman–Crippen LogP) is 0.150. The summed E-state index contributed by atoms with van der Waals surface area (Å²) in [6.07, 6.45) is 1.39. The second kappa shape index (κ2) is 8.66. The molecule has 0 spiro atoms. The molecule has 0 unspecified atom stereocenters. The number of rotatable bonds is 7. The van der Waals surface area contributed by atoms with Gasteiger partial charge < -0.3 is 15.2 Å². The van der Waals surface area contributed by atoms with Gasteiger partial charge in [0.25, 0.3) is 5.91 Å². The SMILES string of the molecule is CN(Cc1ccsc1)C(=O)CN1CCN(S(=O)(=O)c2cc(C(N)=O)n(C)c2)CC1. The molecule has 9 nitrogen and oxygen atoms in total. The largest absolute Gasteiger partial charge is 0.364 e. The Hall–Kier alpha value is -2.21. The number of aryl methyl sites for hydroxylation is 1. The number of nitrogens with zero attached hydrogens (tertiary/aromatic N) is 4. The lowest BCUT2D eigenvalue weighted by atomic mass is 10.3. The van der Waals surface area contributed by atoms with Crippen molar-refractivity contribution in [2.24, 2.45) is 12.8 Å². The van der Waals surface area contributed by atoms with E-state index in [1.807, 2.05) is 21.7 Å². The summed E-state index contributed by atoms with van der Waals surface area (Å²) in [5.41, 5.74) is 6.51. The van der Waals surface area contributed by atoms with E-state index in [4.69, 9.17) is 5.73 Å². The third-order valence-corrected chi connectivity index (χ3v) is 7.58. The zero-order valence-electron chi connectivity index (χ0n) is 16.4. The van der Waals surface area contributed by atoms with Crippen LogP contribution in [-0.2, 0) is 28.4 Å². The van der Waals surface area contributed by atoms with Crippen molar-refractivity contribution >= 4 is 33.2 Å². The van der Waals surface area contributed by atoms with Crippen LogP contribution in [0.5, 0.6) is 0 Å². The maximum Gasteiger partial charge on any atom is 0.265 e. The third kappa shape index (κ3) is 4.86. The Kier molecular flexibility index (Phi) is 6.42. The normalized spacial score (nSPS) is 16.1. The molecule has 158 valence electrons. The highest BCUT2D eigenvalue weighted by Crippen LogP contribution is 2.20. The van der Waals surface area contributed by atoms with E-state index in [0.717, 1.165) is 5.56 Å². The van der Waals surface area contributed by atoms with Crippen LogP contribution in [0.2, 0.25) is 0 Å². The molecule has 0 aromatic carbocycles. The average Bonchev–Trinajstić information content (AvgIpc) is 3.32. The molecule has 1 fully saturated rings. The smallest absolute Gasteiger partial charge is 0.265 e. The minimum atomic E-state index is -3.72. The Morgan fingerprint density at radius 2 is 1.93 bits per heavy atom. The third-order valence-electron chi connectivity index (χ3n) is 4.99. The number of hydrogen-bond acceptors (Lipinski definition) is 6. The van der Waals surface area contributed by atoms with Gasteiger partial charge in [0.05, 0.1) is 6.54 Å². The number of sulfonamides is 1. The topological polar surface area (TPSA) is 109 Å². The van der Waals surface area contributed by atoms with Crippen LogP contribution in [-0.4, -0.2) is 78.7 Å². The molecule has 1 aliphatic rings. The molecule has 0 aliphatic carbocycles. The van der Waals surface area contributed by atoms with E-state index in [9.17, 15) is 18.0 Å². The molecule has 2 aromatic heterocycles. The first kappa shape index (κ1) is 21.5. The summed E-state index contributed by atoms with van der Waals surface area (Å²) in [4.78, 5) is 27.5. The quantitative estimate of drug-likeness (QED) is 0.661. The highest BCUT2D eigenvalue weighted by molar-refractivity contribution is 7.89. The molecular formula is C18H25N5O4S2. The number of amides is 2. The van der Waals surface area contributed by atoms with E-state index in [-0.39, 0.29) is 36.1 Å². The number of primary amides is 1. The Balaban J connectivity index is 1.56. The van der Waals surface area contributed by atoms with Gasteiger partial charge in [-0.2, -0.15) is 15.6 Å². The van der Waals surface area contributed by atoms with Crippen molar-refractivity contribution in [1.82, 2.24) is 18.7 Å². The fourth-order valence-electron chi connectivity index (χ4n) is 3.25. The summed E-state index contributed by atoms with van der Waals surface area (Å²) in [6.45, 7) is 2.31. The Bertz CT molecular complexity index is 976. The Labute approximate surface area is 174 Å². The minimum Gasteiger partial charge on any atom is -0.364 e. The lowest BCUT2D eigenvalue weighted by Gasteiger charge is -2.34. The molecule has 0 atom stereocenters. The van der Waals surface area contributed by atoms with Gasteiger partial charge in [0.15, 0.2) is 0 Å². The number of likely N-dealkylation sites (N-methyl/N-ethyl adjacent to an activating group) is 1. The van der Waals surface area contributed by atoms with Crippen molar-refractivity contribution in [3.8, 4) is 0 Å². The molecule has 2 aromatic rings.